The summed E-state index contributed by atoms with van der Waals surface area (Å²) in [5.74, 6) is -0.0224. The molecule has 0 aliphatic heterocycles. The molecule has 3 nitrogen and oxygen atoms in total. The van der Waals surface area contributed by atoms with Gasteiger partial charge in [-0.2, -0.15) is 0 Å². The SMILES string of the molecule is Cc1nc(-c2ccccc2)ccc1C(=O)N(c1ccccc1)C(C)C. The summed E-state index contributed by atoms with van der Waals surface area (Å²) in [6.45, 7) is 5.93. The standard InChI is InChI=1S/C22H22N2O/c1-16(2)24(19-12-8-5-9-13-19)22(25)20-14-15-21(23-17(20)3)18-10-6-4-7-11-18/h4-16H,1-3H3. The fraction of sp³-hybridized carbons (Fsp3) is 0.182. The van der Waals surface area contributed by atoms with Gasteiger partial charge in [-0.15, -0.1) is 0 Å². The van der Waals surface area contributed by atoms with Crippen molar-refractivity contribution >= 4 is 11.6 Å². The highest BCUT2D eigenvalue weighted by atomic mass is 16.2. The molecule has 3 rings (SSSR count). The maximum absolute atomic E-state index is 13.1. The van der Waals surface area contributed by atoms with E-state index in [1.165, 1.54) is 0 Å². The molecule has 0 aliphatic carbocycles. The average Bonchev–Trinajstić information content (AvgIpc) is 2.63. The molecular weight excluding hydrogens is 308 g/mol. The average molecular weight is 330 g/mol. The molecule has 0 unspecified atom stereocenters. The summed E-state index contributed by atoms with van der Waals surface area (Å²) in [6.07, 6.45) is 0. The molecule has 0 radical (unpaired) electrons. The summed E-state index contributed by atoms with van der Waals surface area (Å²) in [7, 11) is 0. The summed E-state index contributed by atoms with van der Waals surface area (Å²) in [4.78, 5) is 19.6. The van der Waals surface area contributed by atoms with E-state index in [1.54, 1.807) is 0 Å². The molecule has 0 saturated heterocycles. The lowest BCUT2D eigenvalue weighted by Crippen LogP contribution is -2.37. The van der Waals surface area contributed by atoms with E-state index in [-0.39, 0.29) is 11.9 Å². The maximum atomic E-state index is 13.1. The highest BCUT2D eigenvalue weighted by Gasteiger charge is 2.22. The Bertz CT molecular complexity index is 858. The van der Waals surface area contributed by atoms with Crippen molar-refractivity contribution in [2.45, 2.75) is 26.8 Å². The van der Waals surface area contributed by atoms with Crippen LogP contribution in [0.2, 0.25) is 0 Å². The van der Waals surface area contributed by atoms with Crippen molar-refractivity contribution in [1.29, 1.82) is 0 Å². The van der Waals surface area contributed by atoms with Gasteiger partial charge in [-0.05, 0) is 45.0 Å². The Labute approximate surface area is 149 Å². The van der Waals surface area contributed by atoms with Crippen LogP contribution in [0.3, 0.4) is 0 Å². The first kappa shape index (κ1) is 16.9. The molecule has 1 amide bonds. The molecule has 1 heterocycles. The number of para-hydroxylation sites is 1. The zero-order valence-electron chi connectivity index (χ0n) is 14.8. The molecule has 0 aliphatic rings. The summed E-state index contributed by atoms with van der Waals surface area (Å²) in [5, 5.41) is 0. The van der Waals surface area contributed by atoms with Crippen LogP contribution in [0.4, 0.5) is 5.69 Å². The van der Waals surface area contributed by atoms with Crippen molar-refractivity contribution in [3.05, 3.63) is 84.1 Å². The molecule has 0 spiro atoms. The van der Waals surface area contributed by atoms with Crippen molar-refractivity contribution in [3.63, 3.8) is 0 Å². The predicted octanol–water partition coefficient (Wildman–Crippen LogP) is 5.11. The fourth-order valence-electron chi connectivity index (χ4n) is 2.93. The summed E-state index contributed by atoms with van der Waals surface area (Å²) < 4.78 is 0. The van der Waals surface area contributed by atoms with Gasteiger partial charge in [0.05, 0.1) is 17.0 Å². The number of nitrogens with zero attached hydrogens (tertiary/aromatic N) is 2. The molecule has 126 valence electrons. The monoisotopic (exact) mass is 330 g/mol. The van der Waals surface area contributed by atoms with Crippen molar-refractivity contribution in [3.8, 4) is 11.3 Å². The van der Waals surface area contributed by atoms with E-state index >= 15 is 0 Å². The number of benzene rings is 2. The number of anilines is 1. The molecule has 0 atom stereocenters. The third-order valence-electron chi connectivity index (χ3n) is 4.16. The highest BCUT2D eigenvalue weighted by molar-refractivity contribution is 6.07. The van der Waals surface area contributed by atoms with Crippen molar-refractivity contribution in [2.75, 3.05) is 4.90 Å². The first-order valence-corrected chi connectivity index (χ1v) is 8.49. The van der Waals surface area contributed by atoms with Gasteiger partial charge in [0.25, 0.3) is 5.91 Å². The number of hydrogen-bond donors (Lipinski definition) is 0. The van der Waals surface area contributed by atoms with Gasteiger partial charge in [0, 0.05) is 17.3 Å². The Morgan fingerprint density at radius 2 is 1.48 bits per heavy atom. The van der Waals surface area contributed by atoms with Crippen LogP contribution in [0.15, 0.2) is 72.8 Å². The molecule has 0 fully saturated rings. The van der Waals surface area contributed by atoms with E-state index in [4.69, 9.17) is 0 Å². The first-order valence-electron chi connectivity index (χ1n) is 8.49. The number of carbonyl (C=O) groups excluding carboxylic acids is 1. The van der Waals surface area contributed by atoms with Gasteiger partial charge in [-0.25, -0.2) is 0 Å². The van der Waals surface area contributed by atoms with Gasteiger partial charge < -0.3 is 4.90 Å². The van der Waals surface area contributed by atoms with Crippen LogP contribution in [0.1, 0.15) is 29.9 Å². The molecule has 0 bridgehead atoms. The number of amides is 1. The van der Waals surface area contributed by atoms with Gasteiger partial charge >= 0.3 is 0 Å². The van der Waals surface area contributed by atoms with Crippen LogP contribution in [0.5, 0.6) is 0 Å². The Morgan fingerprint density at radius 1 is 0.880 bits per heavy atom. The zero-order chi connectivity index (χ0) is 17.8. The number of rotatable bonds is 4. The van der Waals surface area contributed by atoms with Gasteiger partial charge in [-0.1, -0.05) is 48.5 Å². The van der Waals surface area contributed by atoms with E-state index in [2.05, 4.69) is 4.98 Å². The summed E-state index contributed by atoms with van der Waals surface area (Å²) >= 11 is 0. The van der Waals surface area contributed by atoms with Crippen LogP contribution >= 0.6 is 0 Å². The number of aromatic nitrogens is 1. The molecule has 25 heavy (non-hydrogen) atoms. The highest BCUT2D eigenvalue weighted by Crippen LogP contribution is 2.23. The van der Waals surface area contributed by atoms with E-state index in [1.807, 2.05) is 98.5 Å². The molecule has 2 aromatic carbocycles. The summed E-state index contributed by atoms with van der Waals surface area (Å²) in [5.41, 5.74) is 4.21. The molecular formula is C22H22N2O. The van der Waals surface area contributed by atoms with Crippen LogP contribution in [-0.4, -0.2) is 16.9 Å². The van der Waals surface area contributed by atoms with Crippen LogP contribution in [0, 0.1) is 6.92 Å². The number of pyridine rings is 1. The van der Waals surface area contributed by atoms with Gasteiger partial charge in [-0.3, -0.25) is 9.78 Å². The third-order valence-corrected chi connectivity index (χ3v) is 4.16. The van der Waals surface area contributed by atoms with Crippen molar-refractivity contribution in [2.24, 2.45) is 0 Å². The minimum atomic E-state index is -0.0224. The third kappa shape index (κ3) is 3.61. The predicted molar refractivity (Wildman–Crippen MR) is 103 cm³/mol. The minimum Gasteiger partial charge on any atom is -0.306 e. The second-order valence-corrected chi connectivity index (χ2v) is 6.30. The second-order valence-electron chi connectivity index (χ2n) is 6.30. The Kier molecular flexibility index (Phi) is 4.94. The zero-order valence-corrected chi connectivity index (χ0v) is 14.8. The van der Waals surface area contributed by atoms with Crippen molar-refractivity contribution < 1.29 is 4.79 Å². The number of carbonyl (C=O) groups is 1. The Morgan fingerprint density at radius 3 is 2.04 bits per heavy atom. The molecule has 1 aromatic heterocycles. The van der Waals surface area contributed by atoms with E-state index in [9.17, 15) is 4.79 Å². The van der Waals surface area contributed by atoms with Crippen LogP contribution in [-0.2, 0) is 0 Å². The number of aryl methyl sites for hydroxylation is 1. The summed E-state index contributed by atoms with van der Waals surface area (Å²) in [6, 6.07) is 23.6. The second kappa shape index (κ2) is 7.31. The molecule has 3 heteroatoms. The largest absolute Gasteiger partial charge is 0.306 e. The number of hydrogen-bond acceptors (Lipinski definition) is 2. The van der Waals surface area contributed by atoms with Gasteiger partial charge in [0.15, 0.2) is 0 Å². The Hall–Kier alpha value is -2.94. The topological polar surface area (TPSA) is 33.2 Å². The van der Waals surface area contributed by atoms with Gasteiger partial charge in [0.2, 0.25) is 0 Å². The molecule has 0 saturated carbocycles. The quantitative estimate of drug-likeness (QED) is 0.666. The van der Waals surface area contributed by atoms with E-state index < -0.39 is 0 Å². The normalized spacial score (nSPS) is 10.7. The maximum Gasteiger partial charge on any atom is 0.260 e. The Balaban J connectivity index is 1.96. The van der Waals surface area contributed by atoms with Crippen LogP contribution < -0.4 is 4.90 Å². The van der Waals surface area contributed by atoms with E-state index in [0.717, 1.165) is 22.6 Å². The smallest absolute Gasteiger partial charge is 0.260 e. The van der Waals surface area contributed by atoms with Crippen molar-refractivity contribution in [1.82, 2.24) is 4.98 Å². The minimum absolute atomic E-state index is 0.0224. The molecule has 0 N–H and O–H groups in total. The lowest BCUT2D eigenvalue weighted by atomic mass is 10.1. The fourth-order valence-corrected chi connectivity index (χ4v) is 2.93. The van der Waals surface area contributed by atoms with E-state index in [0.29, 0.717) is 5.56 Å². The molecule has 3 aromatic rings. The lowest BCUT2D eigenvalue weighted by Gasteiger charge is -2.27. The first-order chi connectivity index (χ1) is 12.1. The van der Waals surface area contributed by atoms with Crippen LogP contribution in [0.25, 0.3) is 11.3 Å². The van der Waals surface area contributed by atoms with Gasteiger partial charge in [0.1, 0.15) is 0 Å². The lowest BCUT2D eigenvalue weighted by molar-refractivity contribution is 0.0979.